The zero-order chi connectivity index (χ0) is 19.1. The van der Waals surface area contributed by atoms with Gasteiger partial charge in [0.15, 0.2) is 0 Å². The maximum Gasteiger partial charge on any atom is 0.236 e. The highest BCUT2D eigenvalue weighted by Crippen LogP contribution is 2.22. The van der Waals surface area contributed by atoms with Crippen LogP contribution in [0.5, 0.6) is 0 Å². The van der Waals surface area contributed by atoms with Gasteiger partial charge in [-0.15, -0.1) is 0 Å². The minimum absolute atomic E-state index is 0.243. The Morgan fingerprint density at radius 2 is 1.63 bits per heavy atom. The lowest BCUT2D eigenvalue weighted by Crippen LogP contribution is -2.52. The number of nitrogens with zero attached hydrogens (tertiary/aromatic N) is 3. The number of carbonyl (C=O) groups excluding carboxylic acids is 2. The molecular formula is C21H38N4O2. The van der Waals surface area contributed by atoms with E-state index in [0.717, 1.165) is 58.5 Å². The molecule has 1 saturated carbocycles. The van der Waals surface area contributed by atoms with Gasteiger partial charge >= 0.3 is 0 Å². The van der Waals surface area contributed by atoms with Crippen LogP contribution in [0.4, 0.5) is 0 Å². The SMILES string of the molecule is CN(C(=O)CN1CCN(C(=O)CCC2CCNCC2)CC1)C1CCCCC1. The van der Waals surface area contributed by atoms with Gasteiger partial charge in [-0.3, -0.25) is 14.5 Å². The van der Waals surface area contributed by atoms with Gasteiger partial charge in [-0.2, -0.15) is 0 Å². The third kappa shape index (κ3) is 6.18. The van der Waals surface area contributed by atoms with E-state index in [4.69, 9.17) is 0 Å². The summed E-state index contributed by atoms with van der Waals surface area (Å²) in [7, 11) is 1.97. The van der Waals surface area contributed by atoms with Crippen LogP contribution in [0, 0.1) is 5.92 Å². The molecule has 0 bridgehead atoms. The first-order valence-corrected chi connectivity index (χ1v) is 11.1. The van der Waals surface area contributed by atoms with E-state index in [0.29, 0.717) is 30.8 Å². The van der Waals surface area contributed by atoms with Crippen LogP contribution in [0.15, 0.2) is 0 Å². The fourth-order valence-electron chi connectivity index (χ4n) is 4.79. The molecule has 0 aromatic carbocycles. The number of carbonyl (C=O) groups is 2. The van der Waals surface area contributed by atoms with E-state index in [9.17, 15) is 9.59 Å². The molecule has 3 aliphatic rings. The third-order valence-corrected chi connectivity index (χ3v) is 6.82. The first-order valence-electron chi connectivity index (χ1n) is 11.1. The standard InChI is InChI=1S/C21H38N4O2/c1-23(19-5-3-2-4-6-19)21(27)17-24-13-15-25(16-14-24)20(26)8-7-18-9-11-22-12-10-18/h18-19,22H,2-17H2,1H3. The molecule has 2 heterocycles. The van der Waals surface area contributed by atoms with Crippen molar-refractivity contribution in [3.05, 3.63) is 0 Å². The molecule has 154 valence electrons. The number of piperazine rings is 1. The van der Waals surface area contributed by atoms with Gasteiger partial charge in [0.05, 0.1) is 6.54 Å². The van der Waals surface area contributed by atoms with E-state index in [2.05, 4.69) is 10.2 Å². The molecule has 2 aliphatic heterocycles. The molecule has 0 atom stereocenters. The molecule has 0 aromatic rings. The molecule has 3 rings (SSSR count). The van der Waals surface area contributed by atoms with Gasteiger partial charge in [0.2, 0.25) is 11.8 Å². The number of nitrogens with one attached hydrogen (secondary N) is 1. The summed E-state index contributed by atoms with van der Waals surface area (Å²) >= 11 is 0. The van der Waals surface area contributed by atoms with Crippen molar-refractivity contribution < 1.29 is 9.59 Å². The first-order chi connectivity index (χ1) is 13.1. The van der Waals surface area contributed by atoms with Crippen LogP contribution in [0.3, 0.4) is 0 Å². The zero-order valence-electron chi connectivity index (χ0n) is 17.1. The molecule has 0 unspecified atom stereocenters. The predicted octanol–water partition coefficient (Wildman–Crippen LogP) is 1.70. The van der Waals surface area contributed by atoms with E-state index in [1.165, 1.54) is 32.1 Å². The molecule has 27 heavy (non-hydrogen) atoms. The van der Waals surface area contributed by atoms with Gasteiger partial charge in [-0.1, -0.05) is 19.3 Å². The fourth-order valence-corrected chi connectivity index (χ4v) is 4.79. The number of hydrogen-bond acceptors (Lipinski definition) is 4. The lowest BCUT2D eigenvalue weighted by molar-refractivity contribution is -0.136. The summed E-state index contributed by atoms with van der Waals surface area (Å²) in [6.07, 6.45) is 10.3. The van der Waals surface area contributed by atoms with Crippen molar-refractivity contribution >= 4 is 11.8 Å². The number of rotatable bonds is 6. The van der Waals surface area contributed by atoms with Gasteiger partial charge in [-0.25, -0.2) is 0 Å². The summed E-state index contributed by atoms with van der Waals surface area (Å²) in [5.41, 5.74) is 0. The van der Waals surface area contributed by atoms with E-state index >= 15 is 0 Å². The summed E-state index contributed by atoms with van der Waals surface area (Å²) in [6.45, 7) is 5.88. The van der Waals surface area contributed by atoms with Crippen molar-refractivity contribution in [2.45, 2.75) is 63.8 Å². The van der Waals surface area contributed by atoms with Gasteiger partial charge in [0, 0.05) is 45.7 Å². The first kappa shape index (κ1) is 20.6. The largest absolute Gasteiger partial charge is 0.342 e. The fraction of sp³-hybridized carbons (Fsp3) is 0.905. The summed E-state index contributed by atoms with van der Waals surface area (Å²) in [5.74, 6) is 1.26. The Morgan fingerprint density at radius 1 is 0.963 bits per heavy atom. The molecule has 2 saturated heterocycles. The zero-order valence-corrected chi connectivity index (χ0v) is 17.1. The van der Waals surface area contributed by atoms with Crippen LogP contribution >= 0.6 is 0 Å². The average Bonchev–Trinajstić information content (AvgIpc) is 2.73. The van der Waals surface area contributed by atoms with Crippen molar-refractivity contribution in [2.24, 2.45) is 5.92 Å². The van der Waals surface area contributed by atoms with E-state index in [1.54, 1.807) is 0 Å². The second kappa shape index (κ2) is 10.4. The summed E-state index contributed by atoms with van der Waals surface area (Å²) < 4.78 is 0. The van der Waals surface area contributed by atoms with Crippen LogP contribution in [-0.4, -0.2) is 85.4 Å². The molecule has 0 aromatic heterocycles. The predicted molar refractivity (Wildman–Crippen MR) is 107 cm³/mol. The minimum Gasteiger partial charge on any atom is -0.342 e. The molecule has 1 N–H and O–H groups in total. The Balaban J connectivity index is 1.34. The highest BCUT2D eigenvalue weighted by Gasteiger charge is 2.26. The number of piperidine rings is 1. The quantitative estimate of drug-likeness (QED) is 0.764. The van der Waals surface area contributed by atoms with Crippen LogP contribution in [0.2, 0.25) is 0 Å². The van der Waals surface area contributed by atoms with E-state index < -0.39 is 0 Å². The van der Waals surface area contributed by atoms with Crippen molar-refractivity contribution in [1.29, 1.82) is 0 Å². The Kier molecular flexibility index (Phi) is 7.94. The second-order valence-corrected chi connectivity index (χ2v) is 8.69. The smallest absolute Gasteiger partial charge is 0.236 e. The molecule has 6 nitrogen and oxygen atoms in total. The Labute approximate surface area is 164 Å². The molecular weight excluding hydrogens is 340 g/mol. The lowest BCUT2D eigenvalue weighted by Gasteiger charge is -2.37. The maximum atomic E-state index is 12.6. The van der Waals surface area contributed by atoms with Crippen molar-refractivity contribution in [2.75, 3.05) is 52.9 Å². The van der Waals surface area contributed by atoms with Gasteiger partial charge in [0.1, 0.15) is 0 Å². The monoisotopic (exact) mass is 378 g/mol. The molecule has 6 heteroatoms. The van der Waals surface area contributed by atoms with Crippen LogP contribution < -0.4 is 5.32 Å². The van der Waals surface area contributed by atoms with Crippen LogP contribution in [0.25, 0.3) is 0 Å². The number of hydrogen-bond donors (Lipinski definition) is 1. The van der Waals surface area contributed by atoms with Gasteiger partial charge in [-0.05, 0) is 51.1 Å². The van der Waals surface area contributed by atoms with E-state index in [-0.39, 0.29) is 5.91 Å². The summed E-state index contributed by atoms with van der Waals surface area (Å²) in [5, 5.41) is 3.38. The topological polar surface area (TPSA) is 55.9 Å². The lowest BCUT2D eigenvalue weighted by atomic mass is 9.93. The van der Waals surface area contributed by atoms with E-state index in [1.807, 2.05) is 16.8 Å². The molecule has 3 fully saturated rings. The maximum absolute atomic E-state index is 12.6. The van der Waals surface area contributed by atoms with Gasteiger partial charge in [0.25, 0.3) is 0 Å². The highest BCUT2D eigenvalue weighted by molar-refractivity contribution is 5.78. The second-order valence-electron chi connectivity index (χ2n) is 8.69. The van der Waals surface area contributed by atoms with Crippen molar-refractivity contribution in [1.82, 2.24) is 20.0 Å². The Hall–Kier alpha value is -1.14. The molecule has 0 spiro atoms. The number of likely N-dealkylation sites (N-methyl/N-ethyl adjacent to an activating group) is 1. The van der Waals surface area contributed by atoms with Crippen molar-refractivity contribution in [3.63, 3.8) is 0 Å². The minimum atomic E-state index is 0.243. The molecule has 1 aliphatic carbocycles. The Morgan fingerprint density at radius 3 is 2.30 bits per heavy atom. The average molecular weight is 379 g/mol. The molecule has 2 amide bonds. The van der Waals surface area contributed by atoms with Crippen LogP contribution in [-0.2, 0) is 9.59 Å². The normalized spacial score (nSPS) is 23.4. The summed E-state index contributed by atoms with van der Waals surface area (Å²) in [6, 6.07) is 0.434. The third-order valence-electron chi connectivity index (χ3n) is 6.82. The van der Waals surface area contributed by atoms with Crippen molar-refractivity contribution in [3.8, 4) is 0 Å². The Bertz CT molecular complexity index is 479. The van der Waals surface area contributed by atoms with Crippen LogP contribution in [0.1, 0.15) is 57.8 Å². The highest BCUT2D eigenvalue weighted by atomic mass is 16.2. The number of amides is 2. The van der Waals surface area contributed by atoms with Gasteiger partial charge < -0.3 is 15.1 Å². The summed E-state index contributed by atoms with van der Waals surface area (Å²) in [4.78, 5) is 31.3. The molecule has 0 radical (unpaired) electrons.